The van der Waals surface area contributed by atoms with Crippen LogP contribution in [0.3, 0.4) is 0 Å². The van der Waals surface area contributed by atoms with E-state index in [9.17, 15) is 0 Å². The summed E-state index contributed by atoms with van der Waals surface area (Å²) in [5, 5.41) is 0. The van der Waals surface area contributed by atoms with Crippen molar-refractivity contribution in [3.8, 4) is 0 Å². The highest BCUT2D eigenvalue weighted by molar-refractivity contribution is 5.66. The molecule has 4 rings (SSSR count). The van der Waals surface area contributed by atoms with Gasteiger partial charge in [0, 0.05) is 31.2 Å². The highest BCUT2D eigenvalue weighted by atomic mass is 15.3. The van der Waals surface area contributed by atoms with Gasteiger partial charge in [0.15, 0.2) is 0 Å². The maximum absolute atomic E-state index is 4.81. The largest absolute Gasteiger partial charge is 0.326 e. The summed E-state index contributed by atoms with van der Waals surface area (Å²) < 4.78 is 0. The van der Waals surface area contributed by atoms with Crippen molar-refractivity contribution < 1.29 is 0 Å². The molecule has 1 aliphatic rings. The molecule has 0 radical (unpaired) electrons. The van der Waals surface area contributed by atoms with Crippen molar-refractivity contribution >= 4 is 23.1 Å². The molecule has 0 spiro atoms. The molecule has 0 unspecified atom stereocenters. The maximum atomic E-state index is 4.81. The quantitative estimate of drug-likeness (QED) is 0.720. The SMILES string of the molecule is CN(c1ccccc1)c1nccc(N2CCCc3ccccc32)n1. The van der Waals surface area contributed by atoms with Crippen molar-refractivity contribution in [3.63, 3.8) is 0 Å². The Kier molecular flexibility index (Phi) is 3.87. The molecule has 0 bridgehead atoms. The van der Waals surface area contributed by atoms with Gasteiger partial charge in [0.1, 0.15) is 5.82 Å². The predicted molar refractivity (Wildman–Crippen MR) is 98.3 cm³/mol. The van der Waals surface area contributed by atoms with E-state index >= 15 is 0 Å². The van der Waals surface area contributed by atoms with Crippen LogP contribution in [-0.2, 0) is 6.42 Å². The lowest BCUT2D eigenvalue weighted by molar-refractivity contribution is 0.758. The zero-order chi connectivity index (χ0) is 16.4. The number of nitrogens with zero attached hydrogens (tertiary/aromatic N) is 4. The first kappa shape index (κ1) is 14.7. The molecule has 0 amide bonds. The van der Waals surface area contributed by atoms with Crippen LogP contribution in [-0.4, -0.2) is 23.6 Å². The van der Waals surface area contributed by atoms with Gasteiger partial charge in [-0.25, -0.2) is 4.98 Å². The molecule has 3 aromatic rings. The topological polar surface area (TPSA) is 32.3 Å². The fourth-order valence-corrected chi connectivity index (χ4v) is 3.19. The molecule has 1 aliphatic heterocycles. The number of aromatic nitrogens is 2. The third-order valence-electron chi connectivity index (χ3n) is 4.46. The first-order chi connectivity index (χ1) is 11.8. The minimum Gasteiger partial charge on any atom is -0.326 e. The molecule has 2 heterocycles. The van der Waals surface area contributed by atoms with Gasteiger partial charge in [0.05, 0.1) is 0 Å². The molecule has 0 atom stereocenters. The second-order valence-corrected chi connectivity index (χ2v) is 5.99. The van der Waals surface area contributed by atoms with Crippen LogP contribution < -0.4 is 9.80 Å². The minimum absolute atomic E-state index is 0.710. The van der Waals surface area contributed by atoms with Crippen LogP contribution in [0.1, 0.15) is 12.0 Å². The normalized spacial score (nSPS) is 13.5. The van der Waals surface area contributed by atoms with Crippen molar-refractivity contribution in [2.24, 2.45) is 0 Å². The van der Waals surface area contributed by atoms with Crippen LogP contribution in [0, 0.1) is 0 Å². The lowest BCUT2D eigenvalue weighted by Gasteiger charge is -2.30. The molecule has 0 saturated carbocycles. The molecule has 0 N–H and O–H groups in total. The van der Waals surface area contributed by atoms with E-state index in [4.69, 9.17) is 4.98 Å². The van der Waals surface area contributed by atoms with E-state index < -0.39 is 0 Å². The molecule has 0 aliphatic carbocycles. The second-order valence-electron chi connectivity index (χ2n) is 5.99. The number of benzene rings is 2. The van der Waals surface area contributed by atoms with Gasteiger partial charge >= 0.3 is 0 Å². The highest BCUT2D eigenvalue weighted by Crippen LogP contribution is 2.33. The van der Waals surface area contributed by atoms with Crippen LogP contribution >= 0.6 is 0 Å². The van der Waals surface area contributed by atoms with E-state index in [-0.39, 0.29) is 0 Å². The molecule has 4 nitrogen and oxygen atoms in total. The van der Waals surface area contributed by atoms with E-state index in [1.165, 1.54) is 11.3 Å². The number of hydrogen-bond acceptors (Lipinski definition) is 4. The summed E-state index contributed by atoms with van der Waals surface area (Å²) >= 11 is 0. The lowest BCUT2D eigenvalue weighted by atomic mass is 10.0. The third-order valence-corrected chi connectivity index (χ3v) is 4.46. The summed E-state index contributed by atoms with van der Waals surface area (Å²) in [6, 6.07) is 20.8. The fraction of sp³-hybridized carbons (Fsp3) is 0.200. The van der Waals surface area contributed by atoms with Crippen LogP contribution in [0.2, 0.25) is 0 Å². The molecular formula is C20H20N4. The van der Waals surface area contributed by atoms with E-state index in [0.717, 1.165) is 30.9 Å². The Morgan fingerprint density at radius 3 is 2.62 bits per heavy atom. The van der Waals surface area contributed by atoms with E-state index in [2.05, 4.69) is 46.3 Å². The van der Waals surface area contributed by atoms with Crippen molar-refractivity contribution in [1.29, 1.82) is 0 Å². The number of hydrogen-bond donors (Lipinski definition) is 0. The highest BCUT2D eigenvalue weighted by Gasteiger charge is 2.19. The Hall–Kier alpha value is -2.88. The standard InChI is InChI=1S/C20H20N4/c1-23(17-10-3-2-4-11-17)20-21-14-13-19(22-20)24-15-7-9-16-8-5-6-12-18(16)24/h2-6,8,10-14H,7,9,15H2,1H3. The summed E-state index contributed by atoms with van der Waals surface area (Å²) in [6.07, 6.45) is 4.12. The average Bonchev–Trinajstić information content (AvgIpc) is 2.68. The van der Waals surface area contributed by atoms with E-state index in [1.54, 1.807) is 0 Å². The monoisotopic (exact) mass is 316 g/mol. The molecule has 1 aromatic heterocycles. The number of para-hydroxylation sites is 2. The van der Waals surface area contributed by atoms with Crippen LogP contribution in [0.25, 0.3) is 0 Å². The van der Waals surface area contributed by atoms with E-state index in [0.29, 0.717) is 5.95 Å². The fourth-order valence-electron chi connectivity index (χ4n) is 3.19. The van der Waals surface area contributed by atoms with Crippen LogP contribution in [0.5, 0.6) is 0 Å². The summed E-state index contributed by atoms with van der Waals surface area (Å²) in [7, 11) is 2.00. The first-order valence-corrected chi connectivity index (χ1v) is 8.30. The van der Waals surface area contributed by atoms with Gasteiger partial charge in [0.2, 0.25) is 5.95 Å². The Balaban J connectivity index is 1.69. The van der Waals surface area contributed by atoms with Gasteiger partial charge in [-0.2, -0.15) is 4.98 Å². The van der Waals surface area contributed by atoms with Crippen molar-refractivity contribution in [2.75, 3.05) is 23.4 Å². The smallest absolute Gasteiger partial charge is 0.231 e. The Bertz CT molecular complexity index is 832. The van der Waals surface area contributed by atoms with E-state index in [1.807, 2.05) is 42.4 Å². The molecule has 4 heteroatoms. The van der Waals surface area contributed by atoms with Gasteiger partial charge in [-0.05, 0) is 42.7 Å². The van der Waals surface area contributed by atoms with Gasteiger partial charge in [-0.15, -0.1) is 0 Å². The third kappa shape index (κ3) is 2.71. The summed E-state index contributed by atoms with van der Waals surface area (Å²) in [5.41, 5.74) is 3.73. The lowest BCUT2D eigenvalue weighted by Crippen LogP contribution is -2.26. The van der Waals surface area contributed by atoms with Crippen molar-refractivity contribution in [2.45, 2.75) is 12.8 Å². The zero-order valence-corrected chi connectivity index (χ0v) is 13.8. The van der Waals surface area contributed by atoms with Gasteiger partial charge < -0.3 is 9.80 Å². The van der Waals surface area contributed by atoms with Crippen molar-refractivity contribution in [3.05, 3.63) is 72.4 Å². The van der Waals surface area contributed by atoms with Crippen LogP contribution in [0.15, 0.2) is 66.9 Å². The molecule has 24 heavy (non-hydrogen) atoms. The molecule has 2 aromatic carbocycles. The van der Waals surface area contributed by atoms with Crippen LogP contribution in [0.4, 0.5) is 23.1 Å². The number of aryl methyl sites for hydroxylation is 1. The Morgan fingerprint density at radius 1 is 0.958 bits per heavy atom. The Morgan fingerprint density at radius 2 is 1.75 bits per heavy atom. The maximum Gasteiger partial charge on any atom is 0.231 e. The average molecular weight is 316 g/mol. The predicted octanol–water partition coefficient (Wildman–Crippen LogP) is 4.33. The summed E-state index contributed by atoms with van der Waals surface area (Å²) in [5.74, 6) is 1.66. The second kappa shape index (κ2) is 6.32. The number of anilines is 4. The first-order valence-electron chi connectivity index (χ1n) is 8.30. The number of rotatable bonds is 3. The Labute approximate surface area is 142 Å². The van der Waals surface area contributed by atoms with Gasteiger partial charge in [-0.1, -0.05) is 36.4 Å². The molecule has 120 valence electrons. The minimum atomic E-state index is 0.710. The van der Waals surface area contributed by atoms with Gasteiger partial charge in [0.25, 0.3) is 0 Å². The molecule has 0 fully saturated rings. The summed E-state index contributed by atoms with van der Waals surface area (Å²) in [4.78, 5) is 13.6. The molecule has 0 saturated heterocycles. The van der Waals surface area contributed by atoms with Gasteiger partial charge in [-0.3, -0.25) is 0 Å². The molecular weight excluding hydrogens is 296 g/mol. The summed E-state index contributed by atoms with van der Waals surface area (Å²) in [6.45, 7) is 0.989. The zero-order valence-electron chi connectivity index (χ0n) is 13.8. The van der Waals surface area contributed by atoms with Crippen molar-refractivity contribution in [1.82, 2.24) is 9.97 Å². The number of fused-ring (bicyclic) bond motifs is 1.